The number of ether oxygens (including phenoxy) is 3. The van der Waals surface area contributed by atoms with Gasteiger partial charge in [-0.25, -0.2) is 9.59 Å². The minimum absolute atomic E-state index is 0.100. The molecular weight excluding hydrogens is 328 g/mol. The summed E-state index contributed by atoms with van der Waals surface area (Å²) >= 11 is 0. The molecule has 0 saturated carbocycles. The SMILES string of the molecule is COC(=O)c1cccc(COCC(N)C(=O)NC(=O)OC(C)(C)C)c1. The number of carbonyl (C=O) groups is 3. The van der Waals surface area contributed by atoms with Gasteiger partial charge in [-0.1, -0.05) is 12.1 Å². The molecule has 8 nitrogen and oxygen atoms in total. The molecule has 0 bridgehead atoms. The number of hydrogen-bond donors (Lipinski definition) is 2. The van der Waals surface area contributed by atoms with E-state index in [1.165, 1.54) is 7.11 Å². The van der Waals surface area contributed by atoms with Crippen LogP contribution in [0.5, 0.6) is 0 Å². The van der Waals surface area contributed by atoms with Crippen molar-refractivity contribution in [3.8, 4) is 0 Å². The summed E-state index contributed by atoms with van der Waals surface area (Å²) in [7, 11) is 1.30. The predicted octanol–water partition coefficient (Wildman–Crippen LogP) is 1.37. The van der Waals surface area contributed by atoms with Crippen LogP contribution in [0, 0.1) is 0 Å². The first-order valence-electron chi connectivity index (χ1n) is 7.67. The Balaban J connectivity index is 2.44. The van der Waals surface area contributed by atoms with Crippen LogP contribution < -0.4 is 11.1 Å². The normalized spacial score (nSPS) is 12.2. The number of nitrogens with one attached hydrogen (secondary N) is 1. The lowest BCUT2D eigenvalue weighted by molar-refractivity contribution is -0.123. The van der Waals surface area contributed by atoms with Gasteiger partial charge >= 0.3 is 12.1 Å². The van der Waals surface area contributed by atoms with Gasteiger partial charge in [0.25, 0.3) is 0 Å². The monoisotopic (exact) mass is 352 g/mol. The second kappa shape index (κ2) is 9.14. The van der Waals surface area contributed by atoms with Gasteiger partial charge in [0.05, 0.1) is 25.9 Å². The highest BCUT2D eigenvalue weighted by atomic mass is 16.6. The number of methoxy groups -OCH3 is 1. The molecule has 138 valence electrons. The summed E-state index contributed by atoms with van der Waals surface area (Å²) in [6.07, 6.45) is -0.862. The molecule has 0 radical (unpaired) electrons. The van der Waals surface area contributed by atoms with Crippen molar-refractivity contribution in [3.63, 3.8) is 0 Å². The smallest absolute Gasteiger partial charge is 0.414 e. The largest absolute Gasteiger partial charge is 0.465 e. The Hall–Kier alpha value is -2.45. The van der Waals surface area contributed by atoms with Crippen molar-refractivity contribution >= 4 is 18.0 Å². The number of hydrogen-bond acceptors (Lipinski definition) is 7. The van der Waals surface area contributed by atoms with Crippen LogP contribution in [0.1, 0.15) is 36.7 Å². The molecule has 0 aromatic heterocycles. The number of esters is 1. The van der Waals surface area contributed by atoms with Crippen LogP contribution >= 0.6 is 0 Å². The fourth-order valence-corrected chi connectivity index (χ4v) is 1.78. The molecule has 3 N–H and O–H groups in total. The summed E-state index contributed by atoms with van der Waals surface area (Å²) in [5.41, 5.74) is 6.08. The van der Waals surface area contributed by atoms with Crippen molar-refractivity contribution < 1.29 is 28.6 Å². The quantitative estimate of drug-likeness (QED) is 0.743. The molecule has 25 heavy (non-hydrogen) atoms. The third kappa shape index (κ3) is 7.77. The van der Waals surface area contributed by atoms with Gasteiger partial charge in [-0.2, -0.15) is 0 Å². The molecule has 0 aliphatic heterocycles. The maximum atomic E-state index is 11.8. The number of benzene rings is 1. The third-order valence-corrected chi connectivity index (χ3v) is 2.88. The Kier molecular flexibility index (Phi) is 7.53. The Bertz CT molecular complexity index is 624. The van der Waals surface area contributed by atoms with Crippen LogP contribution in [-0.2, 0) is 25.6 Å². The zero-order valence-electron chi connectivity index (χ0n) is 14.8. The molecule has 0 aliphatic carbocycles. The van der Waals surface area contributed by atoms with Crippen molar-refractivity contribution in [3.05, 3.63) is 35.4 Å². The van der Waals surface area contributed by atoms with Crippen molar-refractivity contribution in [1.29, 1.82) is 0 Å². The Labute approximate surface area is 146 Å². The van der Waals surface area contributed by atoms with Crippen molar-refractivity contribution in [2.24, 2.45) is 5.73 Å². The van der Waals surface area contributed by atoms with E-state index in [4.69, 9.17) is 15.2 Å². The number of imide groups is 1. The molecule has 0 fully saturated rings. The van der Waals surface area contributed by atoms with Crippen molar-refractivity contribution in [2.75, 3.05) is 13.7 Å². The van der Waals surface area contributed by atoms with E-state index in [9.17, 15) is 14.4 Å². The molecule has 2 amide bonds. The Morgan fingerprint density at radius 3 is 2.52 bits per heavy atom. The van der Waals surface area contributed by atoms with E-state index in [-0.39, 0.29) is 13.2 Å². The van der Waals surface area contributed by atoms with E-state index in [0.717, 1.165) is 5.56 Å². The average Bonchev–Trinajstić information content (AvgIpc) is 2.52. The second-order valence-electron chi connectivity index (χ2n) is 6.30. The van der Waals surface area contributed by atoms with Gasteiger partial charge in [0.15, 0.2) is 0 Å². The molecule has 0 saturated heterocycles. The van der Waals surface area contributed by atoms with Crippen LogP contribution in [0.25, 0.3) is 0 Å². The molecule has 0 heterocycles. The lowest BCUT2D eigenvalue weighted by Gasteiger charge is -2.20. The summed E-state index contributed by atoms with van der Waals surface area (Å²) in [6.45, 7) is 5.10. The van der Waals surface area contributed by atoms with Crippen LogP contribution in [0.3, 0.4) is 0 Å². The molecule has 0 aliphatic rings. The summed E-state index contributed by atoms with van der Waals surface area (Å²) in [5.74, 6) is -1.15. The fraction of sp³-hybridized carbons (Fsp3) is 0.471. The molecular formula is C17H24N2O6. The number of carbonyl (C=O) groups excluding carboxylic acids is 3. The Morgan fingerprint density at radius 1 is 1.24 bits per heavy atom. The third-order valence-electron chi connectivity index (χ3n) is 2.88. The molecule has 1 unspecified atom stereocenters. The summed E-state index contributed by atoms with van der Waals surface area (Å²) < 4.78 is 15.0. The Morgan fingerprint density at radius 2 is 1.92 bits per heavy atom. The molecule has 8 heteroatoms. The molecule has 1 atom stereocenters. The van der Waals surface area contributed by atoms with Crippen LogP contribution in [-0.4, -0.2) is 43.3 Å². The van der Waals surface area contributed by atoms with Gasteiger partial charge in [0.1, 0.15) is 11.6 Å². The molecule has 1 aromatic rings. The van der Waals surface area contributed by atoms with Gasteiger partial charge in [-0.15, -0.1) is 0 Å². The first kappa shape index (κ1) is 20.6. The number of rotatable bonds is 6. The first-order valence-corrected chi connectivity index (χ1v) is 7.67. The highest BCUT2D eigenvalue weighted by Gasteiger charge is 2.21. The summed E-state index contributed by atoms with van der Waals surface area (Å²) in [5, 5.41) is 2.05. The average molecular weight is 352 g/mol. The standard InChI is InChI=1S/C17H24N2O6/c1-17(2,3)25-16(22)19-14(20)13(18)10-24-9-11-6-5-7-12(8-11)15(21)23-4/h5-8,13H,9-10,18H2,1-4H3,(H,19,20,22). The van der Waals surface area contributed by atoms with E-state index in [0.29, 0.717) is 5.56 Å². The van der Waals surface area contributed by atoms with Gasteiger partial charge in [-0.05, 0) is 38.5 Å². The van der Waals surface area contributed by atoms with Crippen molar-refractivity contribution in [1.82, 2.24) is 5.32 Å². The highest BCUT2D eigenvalue weighted by molar-refractivity contribution is 5.94. The van der Waals surface area contributed by atoms with Gasteiger partial charge in [0, 0.05) is 0 Å². The maximum Gasteiger partial charge on any atom is 0.414 e. The van der Waals surface area contributed by atoms with Crippen molar-refractivity contribution in [2.45, 2.75) is 39.0 Å². The minimum Gasteiger partial charge on any atom is -0.465 e. The van der Waals surface area contributed by atoms with E-state index in [1.807, 2.05) is 0 Å². The molecule has 1 aromatic carbocycles. The van der Waals surface area contributed by atoms with Crippen LogP contribution in [0.4, 0.5) is 4.79 Å². The molecule has 0 spiro atoms. The predicted molar refractivity (Wildman–Crippen MR) is 89.8 cm³/mol. The zero-order valence-corrected chi connectivity index (χ0v) is 14.8. The van der Waals surface area contributed by atoms with E-state index >= 15 is 0 Å². The van der Waals surface area contributed by atoms with E-state index in [1.54, 1.807) is 45.0 Å². The fourth-order valence-electron chi connectivity index (χ4n) is 1.78. The highest BCUT2D eigenvalue weighted by Crippen LogP contribution is 2.08. The maximum absolute atomic E-state index is 11.8. The van der Waals surface area contributed by atoms with Crippen LogP contribution in [0.2, 0.25) is 0 Å². The minimum atomic E-state index is -1.03. The molecule has 1 rings (SSSR count). The lowest BCUT2D eigenvalue weighted by Crippen LogP contribution is -2.47. The van der Waals surface area contributed by atoms with Crippen LogP contribution in [0.15, 0.2) is 24.3 Å². The van der Waals surface area contributed by atoms with E-state index < -0.39 is 29.6 Å². The first-order chi connectivity index (χ1) is 11.6. The number of alkyl carbamates (subject to hydrolysis) is 1. The number of amides is 2. The van der Waals surface area contributed by atoms with Gasteiger partial charge in [-0.3, -0.25) is 10.1 Å². The van der Waals surface area contributed by atoms with Gasteiger partial charge in [0.2, 0.25) is 5.91 Å². The topological polar surface area (TPSA) is 117 Å². The lowest BCUT2D eigenvalue weighted by atomic mass is 10.1. The summed E-state index contributed by atoms with van der Waals surface area (Å²) in [4.78, 5) is 34.7. The summed E-state index contributed by atoms with van der Waals surface area (Å²) in [6, 6.07) is 5.67. The van der Waals surface area contributed by atoms with Gasteiger partial charge < -0.3 is 19.9 Å². The number of nitrogens with two attached hydrogens (primary N) is 1. The van der Waals surface area contributed by atoms with E-state index in [2.05, 4.69) is 10.1 Å². The zero-order chi connectivity index (χ0) is 19.0. The second-order valence-corrected chi connectivity index (χ2v) is 6.30.